The summed E-state index contributed by atoms with van der Waals surface area (Å²) < 4.78 is 33.6. The SMILES string of the molecule is O=C(O)Cc1ccccc1CNS(=O)(=O)C1=Cc2ccccc2OCC1. The number of ether oxygens (including phenoxy) is 1. The van der Waals surface area contributed by atoms with Crippen LogP contribution in [0.15, 0.2) is 53.4 Å². The summed E-state index contributed by atoms with van der Waals surface area (Å²) in [5.41, 5.74) is 1.95. The zero-order valence-corrected chi connectivity index (χ0v) is 14.8. The van der Waals surface area contributed by atoms with Crippen LogP contribution in [-0.2, 0) is 27.8 Å². The van der Waals surface area contributed by atoms with E-state index in [2.05, 4.69) is 4.72 Å². The Morgan fingerprint density at radius 3 is 2.54 bits per heavy atom. The number of carboxylic acids is 1. The molecule has 1 heterocycles. The smallest absolute Gasteiger partial charge is 0.307 e. The van der Waals surface area contributed by atoms with Gasteiger partial charge in [-0.15, -0.1) is 0 Å². The average Bonchev–Trinajstić information content (AvgIpc) is 2.83. The van der Waals surface area contributed by atoms with E-state index in [0.717, 1.165) is 5.56 Å². The summed E-state index contributed by atoms with van der Waals surface area (Å²) >= 11 is 0. The summed E-state index contributed by atoms with van der Waals surface area (Å²) in [6.45, 7) is 0.311. The molecule has 0 atom stereocenters. The number of rotatable bonds is 6. The van der Waals surface area contributed by atoms with Crippen LogP contribution in [0.25, 0.3) is 6.08 Å². The molecule has 0 bridgehead atoms. The second-order valence-electron chi connectivity index (χ2n) is 5.91. The third-order valence-electron chi connectivity index (χ3n) is 4.10. The molecule has 2 aromatic carbocycles. The highest BCUT2D eigenvalue weighted by atomic mass is 32.2. The van der Waals surface area contributed by atoms with E-state index in [1.807, 2.05) is 12.1 Å². The van der Waals surface area contributed by atoms with Crippen LogP contribution in [0.2, 0.25) is 0 Å². The minimum Gasteiger partial charge on any atom is -0.493 e. The number of para-hydroxylation sites is 1. The van der Waals surface area contributed by atoms with Gasteiger partial charge in [-0.25, -0.2) is 13.1 Å². The standard InChI is InChI=1S/C19H19NO5S/c21-19(22)12-14-5-1-2-7-16(14)13-20-26(23,24)17-9-10-25-18-8-4-3-6-15(18)11-17/h1-8,11,20H,9-10,12-13H2,(H,21,22). The summed E-state index contributed by atoms with van der Waals surface area (Å²) in [6.07, 6.45) is 1.73. The number of hydrogen-bond acceptors (Lipinski definition) is 4. The van der Waals surface area contributed by atoms with Crippen molar-refractivity contribution in [1.82, 2.24) is 4.72 Å². The molecule has 0 fully saturated rings. The minimum atomic E-state index is -3.71. The number of sulfonamides is 1. The Morgan fingerprint density at radius 2 is 1.77 bits per heavy atom. The topological polar surface area (TPSA) is 92.7 Å². The molecular weight excluding hydrogens is 354 g/mol. The molecule has 0 unspecified atom stereocenters. The number of fused-ring (bicyclic) bond motifs is 1. The van der Waals surface area contributed by atoms with Crippen molar-refractivity contribution in [2.75, 3.05) is 6.61 Å². The molecule has 6 nitrogen and oxygen atoms in total. The molecule has 0 aliphatic carbocycles. The predicted molar refractivity (Wildman–Crippen MR) is 98.1 cm³/mol. The Kier molecular flexibility index (Phi) is 5.39. The van der Waals surface area contributed by atoms with Crippen LogP contribution in [0, 0.1) is 0 Å². The van der Waals surface area contributed by atoms with Gasteiger partial charge in [-0.1, -0.05) is 42.5 Å². The number of benzene rings is 2. The fraction of sp³-hybridized carbons (Fsp3) is 0.211. The van der Waals surface area contributed by atoms with Gasteiger partial charge in [-0.3, -0.25) is 4.79 Å². The molecule has 2 aromatic rings. The lowest BCUT2D eigenvalue weighted by atomic mass is 10.1. The molecule has 26 heavy (non-hydrogen) atoms. The van der Waals surface area contributed by atoms with Crippen molar-refractivity contribution < 1.29 is 23.1 Å². The Balaban J connectivity index is 1.80. The summed E-state index contributed by atoms with van der Waals surface area (Å²) in [4.78, 5) is 11.2. The first-order chi connectivity index (χ1) is 12.5. The van der Waals surface area contributed by atoms with Crippen LogP contribution in [-0.4, -0.2) is 26.1 Å². The second-order valence-corrected chi connectivity index (χ2v) is 7.73. The number of aliphatic carboxylic acids is 1. The van der Waals surface area contributed by atoms with E-state index in [9.17, 15) is 13.2 Å². The van der Waals surface area contributed by atoms with E-state index in [0.29, 0.717) is 16.9 Å². The van der Waals surface area contributed by atoms with Gasteiger partial charge in [0.05, 0.1) is 17.9 Å². The molecule has 7 heteroatoms. The van der Waals surface area contributed by atoms with Gasteiger partial charge in [0.15, 0.2) is 0 Å². The lowest BCUT2D eigenvalue weighted by Crippen LogP contribution is -2.25. The highest BCUT2D eigenvalue weighted by Gasteiger charge is 2.21. The number of carbonyl (C=O) groups is 1. The summed E-state index contributed by atoms with van der Waals surface area (Å²) in [5, 5.41) is 8.99. The van der Waals surface area contributed by atoms with E-state index >= 15 is 0 Å². The zero-order valence-electron chi connectivity index (χ0n) is 14.0. The lowest BCUT2D eigenvalue weighted by Gasteiger charge is -2.11. The largest absolute Gasteiger partial charge is 0.493 e. The highest BCUT2D eigenvalue weighted by Crippen LogP contribution is 2.27. The van der Waals surface area contributed by atoms with Crippen LogP contribution >= 0.6 is 0 Å². The summed E-state index contributed by atoms with van der Waals surface area (Å²) in [6, 6.07) is 14.2. The van der Waals surface area contributed by atoms with Crippen LogP contribution in [0.1, 0.15) is 23.1 Å². The minimum absolute atomic E-state index is 0.0334. The maximum absolute atomic E-state index is 12.7. The van der Waals surface area contributed by atoms with Gasteiger partial charge >= 0.3 is 5.97 Å². The summed E-state index contributed by atoms with van der Waals surface area (Å²) in [5.74, 6) is -0.301. The first-order valence-corrected chi connectivity index (χ1v) is 9.65. The molecule has 2 N–H and O–H groups in total. The van der Waals surface area contributed by atoms with Crippen molar-refractivity contribution >= 4 is 22.1 Å². The van der Waals surface area contributed by atoms with Gasteiger partial charge in [-0.05, 0) is 23.3 Å². The van der Waals surface area contributed by atoms with Crippen molar-refractivity contribution in [3.63, 3.8) is 0 Å². The highest BCUT2D eigenvalue weighted by molar-refractivity contribution is 7.93. The normalized spacial score (nSPS) is 13.9. The number of hydrogen-bond donors (Lipinski definition) is 2. The number of carboxylic acid groups (broad SMARTS) is 1. The molecule has 0 aromatic heterocycles. The Morgan fingerprint density at radius 1 is 1.08 bits per heavy atom. The predicted octanol–water partition coefficient (Wildman–Crippen LogP) is 2.56. The van der Waals surface area contributed by atoms with Crippen LogP contribution in [0.5, 0.6) is 5.75 Å². The van der Waals surface area contributed by atoms with E-state index in [-0.39, 0.29) is 30.9 Å². The van der Waals surface area contributed by atoms with Gasteiger partial charge in [-0.2, -0.15) is 0 Å². The first kappa shape index (κ1) is 18.2. The molecule has 1 aliphatic rings. The van der Waals surface area contributed by atoms with E-state index in [1.54, 1.807) is 42.5 Å². The van der Waals surface area contributed by atoms with E-state index < -0.39 is 16.0 Å². The van der Waals surface area contributed by atoms with Gasteiger partial charge < -0.3 is 9.84 Å². The van der Waals surface area contributed by atoms with Crippen LogP contribution in [0.3, 0.4) is 0 Å². The molecule has 0 saturated carbocycles. The van der Waals surface area contributed by atoms with Gasteiger partial charge in [0, 0.05) is 18.5 Å². The maximum Gasteiger partial charge on any atom is 0.307 e. The van der Waals surface area contributed by atoms with E-state index in [4.69, 9.17) is 9.84 Å². The monoisotopic (exact) mass is 373 g/mol. The third-order valence-corrected chi connectivity index (χ3v) is 5.64. The molecule has 1 aliphatic heterocycles. The lowest BCUT2D eigenvalue weighted by molar-refractivity contribution is -0.136. The molecule has 3 rings (SSSR count). The Labute approximate surface area is 152 Å². The zero-order chi connectivity index (χ0) is 18.6. The summed E-state index contributed by atoms with van der Waals surface area (Å²) in [7, 11) is -3.71. The van der Waals surface area contributed by atoms with Crippen molar-refractivity contribution in [1.29, 1.82) is 0 Å². The average molecular weight is 373 g/mol. The van der Waals surface area contributed by atoms with E-state index in [1.165, 1.54) is 0 Å². The van der Waals surface area contributed by atoms with Crippen molar-refractivity contribution in [3.8, 4) is 5.75 Å². The van der Waals surface area contributed by atoms with Crippen LogP contribution < -0.4 is 9.46 Å². The van der Waals surface area contributed by atoms with Crippen molar-refractivity contribution in [3.05, 3.63) is 70.1 Å². The van der Waals surface area contributed by atoms with Gasteiger partial charge in [0.25, 0.3) is 0 Å². The second kappa shape index (κ2) is 7.72. The quantitative estimate of drug-likeness (QED) is 0.812. The number of nitrogens with one attached hydrogen (secondary N) is 1. The fourth-order valence-electron chi connectivity index (χ4n) is 2.78. The van der Waals surface area contributed by atoms with Crippen LogP contribution in [0.4, 0.5) is 0 Å². The molecule has 0 saturated heterocycles. The van der Waals surface area contributed by atoms with Gasteiger partial charge in [0.2, 0.25) is 10.0 Å². The third kappa shape index (κ3) is 4.30. The van der Waals surface area contributed by atoms with Gasteiger partial charge in [0.1, 0.15) is 5.75 Å². The molecule has 0 radical (unpaired) electrons. The van der Waals surface area contributed by atoms with Crippen molar-refractivity contribution in [2.45, 2.75) is 19.4 Å². The fourth-order valence-corrected chi connectivity index (χ4v) is 3.95. The molecule has 136 valence electrons. The molecule has 0 spiro atoms. The maximum atomic E-state index is 12.7. The van der Waals surface area contributed by atoms with Crippen molar-refractivity contribution in [2.24, 2.45) is 0 Å². The molecule has 0 amide bonds. The first-order valence-electron chi connectivity index (χ1n) is 8.16. The Bertz CT molecular complexity index is 950. The molecular formula is C19H19NO5S. The Hall–Kier alpha value is -2.64.